The lowest BCUT2D eigenvalue weighted by atomic mass is 9.84. The van der Waals surface area contributed by atoms with Gasteiger partial charge in [0.05, 0.1) is 12.6 Å². The van der Waals surface area contributed by atoms with Gasteiger partial charge < -0.3 is 4.74 Å². The van der Waals surface area contributed by atoms with E-state index in [-0.39, 0.29) is 18.1 Å². The number of hydrogen-bond donors (Lipinski definition) is 0. The maximum Gasteiger partial charge on any atom is 0.410 e. The topological polar surface area (TPSA) is 32.8 Å². The van der Waals surface area contributed by atoms with E-state index in [0.717, 1.165) is 6.54 Å². The minimum absolute atomic E-state index is 0.112. The van der Waals surface area contributed by atoms with Crippen LogP contribution in [0, 0.1) is 6.92 Å². The SMILES string of the molecule is CCOC(=O)N1Cc2c(C)cccc2[C@H]2CN(Cl)C[C@@H]21. The summed E-state index contributed by atoms with van der Waals surface area (Å²) in [7, 11) is 0. The van der Waals surface area contributed by atoms with Gasteiger partial charge in [-0.3, -0.25) is 4.90 Å². The smallest absolute Gasteiger partial charge is 0.410 e. The summed E-state index contributed by atoms with van der Waals surface area (Å²) >= 11 is 6.19. The Morgan fingerprint density at radius 2 is 2.25 bits per heavy atom. The summed E-state index contributed by atoms with van der Waals surface area (Å²) < 4.78 is 6.98. The van der Waals surface area contributed by atoms with E-state index in [0.29, 0.717) is 19.7 Å². The highest BCUT2D eigenvalue weighted by Gasteiger charge is 2.44. The summed E-state index contributed by atoms with van der Waals surface area (Å²) in [6, 6.07) is 6.46. The van der Waals surface area contributed by atoms with Gasteiger partial charge in [0.25, 0.3) is 0 Å². The number of halogens is 1. The maximum atomic E-state index is 12.2. The molecule has 2 heterocycles. The highest BCUT2D eigenvalue weighted by molar-refractivity contribution is 6.13. The molecule has 5 heteroatoms. The molecule has 0 radical (unpaired) electrons. The molecule has 4 nitrogen and oxygen atoms in total. The van der Waals surface area contributed by atoms with Crippen molar-refractivity contribution in [2.24, 2.45) is 0 Å². The zero-order chi connectivity index (χ0) is 14.3. The molecule has 2 aliphatic rings. The van der Waals surface area contributed by atoms with Gasteiger partial charge in [0.15, 0.2) is 0 Å². The molecule has 2 aliphatic heterocycles. The van der Waals surface area contributed by atoms with Crippen molar-refractivity contribution in [2.45, 2.75) is 32.4 Å². The average molecular weight is 295 g/mol. The van der Waals surface area contributed by atoms with E-state index < -0.39 is 0 Å². The van der Waals surface area contributed by atoms with Crippen LogP contribution in [-0.4, -0.2) is 41.2 Å². The van der Waals surface area contributed by atoms with E-state index in [9.17, 15) is 4.79 Å². The average Bonchev–Trinajstić information content (AvgIpc) is 2.80. The number of carbonyl (C=O) groups is 1. The van der Waals surface area contributed by atoms with Gasteiger partial charge in [0, 0.05) is 25.6 Å². The Kier molecular flexibility index (Phi) is 3.61. The molecule has 0 unspecified atom stereocenters. The lowest BCUT2D eigenvalue weighted by molar-refractivity contribution is 0.0817. The predicted octanol–water partition coefficient (Wildman–Crippen LogP) is 2.89. The summed E-state index contributed by atoms with van der Waals surface area (Å²) in [5.41, 5.74) is 3.80. The summed E-state index contributed by atoms with van der Waals surface area (Å²) in [6.07, 6.45) is -0.233. The first kappa shape index (κ1) is 13.7. The Morgan fingerprint density at radius 1 is 1.45 bits per heavy atom. The molecule has 1 amide bonds. The number of ether oxygens (including phenoxy) is 1. The van der Waals surface area contributed by atoms with Crippen LogP contribution in [0.25, 0.3) is 0 Å². The van der Waals surface area contributed by atoms with Gasteiger partial charge in [-0.1, -0.05) is 18.2 Å². The highest BCUT2D eigenvalue weighted by Crippen LogP contribution is 2.40. The van der Waals surface area contributed by atoms with Crippen molar-refractivity contribution >= 4 is 17.9 Å². The van der Waals surface area contributed by atoms with E-state index in [1.807, 2.05) is 11.8 Å². The van der Waals surface area contributed by atoms with E-state index in [4.69, 9.17) is 16.5 Å². The summed E-state index contributed by atoms with van der Waals surface area (Å²) in [5, 5.41) is 0. The second kappa shape index (κ2) is 5.26. The molecule has 0 aromatic heterocycles. The van der Waals surface area contributed by atoms with E-state index >= 15 is 0 Å². The predicted molar refractivity (Wildman–Crippen MR) is 77.7 cm³/mol. The van der Waals surface area contributed by atoms with Crippen molar-refractivity contribution < 1.29 is 9.53 Å². The van der Waals surface area contributed by atoms with Crippen LogP contribution >= 0.6 is 11.8 Å². The number of hydrogen-bond acceptors (Lipinski definition) is 3. The first-order valence-electron chi connectivity index (χ1n) is 7.04. The number of benzene rings is 1. The lowest BCUT2D eigenvalue weighted by Crippen LogP contribution is -2.47. The fourth-order valence-corrected chi connectivity index (χ4v) is 3.63. The molecule has 0 aliphatic carbocycles. The first-order chi connectivity index (χ1) is 9.61. The lowest BCUT2D eigenvalue weighted by Gasteiger charge is -2.38. The molecule has 0 N–H and O–H groups in total. The van der Waals surface area contributed by atoms with Gasteiger partial charge in [-0.05, 0) is 42.3 Å². The number of nitrogens with zero attached hydrogens (tertiary/aromatic N) is 2. The van der Waals surface area contributed by atoms with Gasteiger partial charge in [-0.2, -0.15) is 0 Å². The second-order valence-corrected chi connectivity index (χ2v) is 5.95. The van der Waals surface area contributed by atoms with Crippen LogP contribution in [0.1, 0.15) is 29.5 Å². The number of amides is 1. The molecule has 3 rings (SSSR count). The molecule has 0 bridgehead atoms. The van der Waals surface area contributed by atoms with Crippen molar-refractivity contribution in [1.82, 2.24) is 9.32 Å². The first-order valence-corrected chi connectivity index (χ1v) is 7.38. The van der Waals surface area contributed by atoms with E-state index in [1.54, 1.807) is 4.42 Å². The van der Waals surface area contributed by atoms with Crippen molar-refractivity contribution in [3.8, 4) is 0 Å². The fourth-order valence-electron chi connectivity index (χ4n) is 3.34. The second-order valence-electron chi connectivity index (χ2n) is 5.47. The number of rotatable bonds is 1. The molecule has 1 aromatic rings. The summed E-state index contributed by atoms with van der Waals surface area (Å²) in [6.45, 7) is 6.42. The van der Waals surface area contributed by atoms with Crippen molar-refractivity contribution in [3.63, 3.8) is 0 Å². The molecule has 20 heavy (non-hydrogen) atoms. The molecule has 1 fully saturated rings. The van der Waals surface area contributed by atoms with Crippen molar-refractivity contribution in [1.29, 1.82) is 0 Å². The standard InChI is InChI=1S/C15H19ClN2O2/c1-3-20-15(19)18-8-12-10(2)5-4-6-11(12)13-7-17(16)9-14(13)18/h4-6,13-14H,3,7-9H2,1-2H3/t13-,14+/m1/s1. The van der Waals surface area contributed by atoms with Crippen LogP contribution in [0.15, 0.2) is 18.2 Å². The maximum absolute atomic E-state index is 12.2. The largest absolute Gasteiger partial charge is 0.450 e. The molecular weight excluding hydrogens is 276 g/mol. The molecular formula is C15H19ClN2O2. The van der Waals surface area contributed by atoms with E-state index in [1.165, 1.54) is 16.7 Å². The third-order valence-electron chi connectivity index (χ3n) is 4.32. The van der Waals surface area contributed by atoms with Crippen LogP contribution in [0.5, 0.6) is 0 Å². The van der Waals surface area contributed by atoms with Crippen LogP contribution in [0.3, 0.4) is 0 Å². The Bertz CT molecular complexity index is 535. The number of aryl methyl sites for hydroxylation is 1. The minimum Gasteiger partial charge on any atom is -0.450 e. The summed E-state index contributed by atoms with van der Waals surface area (Å²) in [5.74, 6) is 0.278. The zero-order valence-electron chi connectivity index (χ0n) is 11.8. The fraction of sp³-hybridized carbons (Fsp3) is 0.533. The van der Waals surface area contributed by atoms with Crippen LogP contribution in [0.4, 0.5) is 4.79 Å². The van der Waals surface area contributed by atoms with Gasteiger partial charge >= 0.3 is 6.09 Å². The van der Waals surface area contributed by atoms with Crippen molar-refractivity contribution in [2.75, 3.05) is 19.7 Å². The monoisotopic (exact) mass is 294 g/mol. The van der Waals surface area contributed by atoms with Crippen LogP contribution < -0.4 is 0 Å². The Morgan fingerprint density at radius 3 is 3.00 bits per heavy atom. The third-order valence-corrected chi connectivity index (χ3v) is 4.60. The number of carbonyl (C=O) groups excluding carboxylic acids is 1. The van der Waals surface area contributed by atoms with Gasteiger partial charge in [0.1, 0.15) is 0 Å². The molecule has 0 saturated carbocycles. The Labute approximate surface area is 124 Å². The molecule has 1 aromatic carbocycles. The number of fused-ring (bicyclic) bond motifs is 3. The molecule has 2 atom stereocenters. The molecule has 1 saturated heterocycles. The Hall–Kier alpha value is -1.26. The third kappa shape index (κ3) is 2.17. The van der Waals surface area contributed by atoms with Gasteiger partial charge in [0.2, 0.25) is 0 Å². The quantitative estimate of drug-likeness (QED) is 0.747. The summed E-state index contributed by atoms with van der Waals surface area (Å²) in [4.78, 5) is 14.0. The van der Waals surface area contributed by atoms with E-state index in [2.05, 4.69) is 25.1 Å². The minimum atomic E-state index is -0.233. The van der Waals surface area contributed by atoms with Gasteiger partial charge in [-0.15, -0.1) is 0 Å². The normalized spacial score (nSPS) is 25.2. The Balaban J connectivity index is 2.00. The van der Waals surface area contributed by atoms with Gasteiger partial charge in [-0.25, -0.2) is 9.21 Å². The molecule has 0 spiro atoms. The van der Waals surface area contributed by atoms with Crippen LogP contribution in [-0.2, 0) is 11.3 Å². The molecule has 108 valence electrons. The zero-order valence-corrected chi connectivity index (χ0v) is 12.6. The van der Waals surface area contributed by atoms with Crippen LogP contribution in [0.2, 0.25) is 0 Å². The van der Waals surface area contributed by atoms with Crippen molar-refractivity contribution in [3.05, 3.63) is 34.9 Å². The highest BCUT2D eigenvalue weighted by atomic mass is 35.5.